The second-order valence-corrected chi connectivity index (χ2v) is 7.32. The van der Waals surface area contributed by atoms with Crippen molar-refractivity contribution in [1.29, 1.82) is 0 Å². The molecule has 118 valence electrons. The van der Waals surface area contributed by atoms with Gasteiger partial charge in [0.1, 0.15) is 0 Å². The molecule has 0 atom stereocenters. The summed E-state index contributed by atoms with van der Waals surface area (Å²) >= 11 is 0. The van der Waals surface area contributed by atoms with E-state index < -0.39 is 10.0 Å². The first-order valence-corrected chi connectivity index (χ1v) is 8.81. The highest BCUT2D eigenvalue weighted by Crippen LogP contribution is 2.34. The Morgan fingerprint density at radius 2 is 2.05 bits per heavy atom. The van der Waals surface area contributed by atoms with E-state index in [2.05, 4.69) is 4.72 Å². The number of hydrogen-bond acceptors (Lipinski definition) is 4. The first-order valence-electron chi connectivity index (χ1n) is 7.33. The molecule has 0 radical (unpaired) electrons. The number of methoxy groups -OCH3 is 1. The van der Waals surface area contributed by atoms with Crippen LogP contribution < -0.4 is 10.5 Å². The molecule has 0 amide bonds. The van der Waals surface area contributed by atoms with Gasteiger partial charge in [-0.1, -0.05) is 13.0 Å². The number of rotatable bonds is 7. The van der Waals surface area contributed by atoms with Gasteiger partial charge in [0.05, 0.1) is 10.5 Å². The molecule has 0 saturated heterocycles. The molecule has 6 heteroatoms. The highest BCUT2D eigenvalue weighted by molar-refractivity contribution is 7.89. The smallest absolute Gasteiger partial charge is 0.240 e. The zero-order valence-corrected chi connectivity index (χ0v) is 13.5. The van der Waals surface area contributed by atoms with E-state index in [9.17, 15) is 8.42 Å². The lowest BCUT2D eigenvalue weighted by atomic mass is 9.80. The van der Waals surface area contributed by atoms with Crippen LogP contribution in [0.4, 0.5) is 0 Å². The van der Waals surface area contributed by atoms with Gasteiger partial charge in [-0.25, -0.2) is 13.1 Å². The number of sulfonamides is 1. The van der Waals surface area contributed by atoms with E-state index in [1.807, 2.05) is 13.0 Å². The molecule has 21 heavy (non-hydrogen) atoms. The monoisotopic (exact) mass is 312 g/mol. The van der Waals surface area contributed by atoms with Crippen molar-refractivity contribution in [3.05, 3.63) is 29.3 Å². The normalized spacial score (nSPS) is 17.5. The fourth-order valence-electron chi connectivity index (χ4n) is 2.64. The average Bonchev–Trinajstić information content (AvgIpc) is 2.45. The first kappa shape index (κ1) is 16.4. The van der Waals surface area contributed by atoms with Gasteiger partial charge in [-0.05, 0) is 48.9 Å². The van der Waals surface area contributed by atoms with Gasteiger partial charge in [0.15, 0.2) is 0 Å². The predicted octanol–water partition coefficient (Wildman–Crippen LogP) is 1.56. The van der Waals surface area contributed by atoms with Gasteiger partial charge in [-0.2, -0.15) is 0 Å². The van der Waals surface area contributed by atoms with E-state index >= 15 is 0 Å². The fourth-order valence-corrected chi connectivity index (χ4v) is 3.80. The number of nitrogens with one attached hydrogen (secondary N) is 1. The number of benzene rings is 1. The number of nitrogens with two attached hydrogens (primary N) is 1. The molecule has 0 spiro atoms. The van der Waals surface area contributed by atoms with Crippen molar-refractivity contribution in [1.82, 2.24) is 4.72 Å². The Balaban J connectivity index is 2.15. The Labute approximate surface area is 126 Å². The molecule has 1 aliphatic carbocycles. The zero-order chi connectivity index (χ0) is 15.5. The van der Waals surface area contributed by atoms with Crippen LogP contribution >= 0.6 is 0 Å². The standard InChI is InChI=1S/C15H24N2O3S/c1-3-12-5-6-14(9-13(12)10-16)21(18,19)17-11-15(20-2)7-4-8-15/h5-6,9,17H,3-4,7-8,10-11,16H2,1-2H3. The van der Waals surface area contributed by atoms with Gasteiger partial charge in [-0.15, -0.1) is 0 Å². The Kier molecular flexibility index (Phi) is 5.03. The first-order chi connectivity index (χ1) is 9.96. The molecule has 2 rings (SSSR count). The van der Waals surface area contributed by atoms with Crippen LogP contribution in [0.25, 0.3) is 0 Å². The lowest BCUT2D eigenvalue weighted by Crippen LogP contribution is -2.49. The molecular formula is C15H24N2O3S. The zero-order valence-electron chi connectivity index (χ0n) is 12.7. The quantitative estimate of drug-likeness (QED) is 0.800. The Hall–Kier alpha value is -0.950. The van der Waals surface area contributed by atoms with E-state index in [0.29, 0.717) is 13.1 Å². The predicted molar refractivity (Wildman–Crippen MR) is 82.5 cm³/mol. The molecule has 1 aliphatic rings. The summed E-state index contributed by atoms with van der Waals surface area (Å²) in [6, 6.07) is 5.15. The van der Waals surface area contributed by atoms with Crippen LogP contribution in [0, 0.1) is 0 Å². The second kappa shape index (κ2) is 6.44. The summed E-state index contributed by atoms with van der Waals surface area (Å²) in [5, 5.41) is 0. The fraction of sp³-hybridized carbons (Fsp3) is 0.600. The minimum absolute atomic E-state index is 0.269. The minimum atomic E-state index is -3.52. The Morgan fingerprint density at radius 3 is 2.52 bits per heavy atom. The minimum Gasteiger partial charge on any atom is -0.377 e. The van der Waals surface area contributed by atoms with E-state index in [4.69, 9.17) is 10.5 Å². The van der Waals surface area contributed by atoms with Gasteiger partial charge in [0.2, 0.25) is 10.0 Å². The summed E-state index contributed by atoms with van der Waals surface area (Å²) in [5.41, 5.74) is 7.34. The van der Waals surface area contributed by atoms with Crippen molar-refractivity contribution in [3.8, 4) is 0 Å². The van der Waals surface area contributed by atoms with Crippen LogP contribution in [0.15, 0.2) is 23.1 Å². The van der Waals surface area contributed by atoms with Gasteiger partial charge >= 0.3 is 0 Å². The van der Waals surface area contributed by atoms with E-state index in [-0.39, 0.29) is 10.5 Å². The van der Waals surface area contributed by atoms with Crippen LogP contribution in [0.3, 0.4) is 0 Å². The SMILES string of the molecule is CCc1ccc(S(=O)(=O)NCC2(OC)CCC2)cc1CN. The van der Waals surface area contributed by atoms with Crippen molar-refractivity contribution in [2.45, 2.75) is 49.6 Å². The molecule has 0 aliphatic heterocycles. The Morgan fingerprint density at radius 1 is 1.33 bits per heavy atom. The maximum atomic E-state index is 12.4. The van der Waals surface area contributed by atoms with Gasteiger partial charge in [-0.3, -0.25) is 0 Å². The van der Waals surface area contributed by atoms with Crippen LogP contribution in [0.5, 0.6) is 0 Å². The van der Waals surface area contributed by atoms with Crippen molar-refractivity contribution >= 4 is 10.0 Å². The van der Waals surface area contributed by atoms with Crippen LogP contribution in [-0.2, 0) is 27.7 Å². The third kappa shape index (κ3) is 3.45. The van der Waals surface area contributed by atoms with Crippen LogP contribution in [-0.4, -0.2) is 27.7 Å². The third-order valence-corrected chi connectivity index (χ3v) is 5.77. The molecule has 5 nitrogen and oxygen atoms in total. The van der Waals surface area contributed by atoms with E-state index in [1.165, 1.54) is 0 Å². The molecule has 0 bridgehead atoms. The molecular weight excluding hydrogens is 288 g/mol. The maximum Gasteiger partial charge on any atom is 0.240 e. The molecule has 0 unspecified atom stereocenters. The van der Waals surface area contributed by atoms with Gasteiger partial charge < -0.3 is 10.5 Å². The number of hydrogen-bond donors (Lipinski definition) is 2. The lowest BCUT2D eigenvalue weighted by Gasteiger charge is -2.40. The highest BCUT2D eigenvalue weighted by Gasteiger charge is 2.38. The molecule has 1 fully saturated rings. The van der Waals surface area contributed by atoms with Crippen molar-refractivity contribution in [3.63, 3.8) is 0 Å². The van der Waals surface area contributed by atoms with E-state index in [0.717, 1.165) is 36.8 Å². The van der Waals surface area contributed by atoms with E-state index in [1.54, 1.807) is 19.2 Å². The van der Waals surface area contributed by atoms with Crippen molar-refractivity contribution in [2.24, 2.45) is 5.73 Å². The number of aryl methyl sites for hydroxylation is 1. The molecule has 1 aromatic rings. The van der Waals surface area contributed by atoms with Crippen LogP contribution in [0.2, 0.25) is 0 Å². The number of ether oxygens (including phenoxy) is 1. The molecule has 1 saturated carbocycles. The highest BCUT2D eigenvalue weighted by atomic mass is 32.2. The topological polar surface area (TPSA) is 81.4 Å². The molecule has 0 heterocycles. The summed E-state index contributed by atoms with van der Waals surface area (Å²) < 4.78 is 32.9. The van der Waals surface area contributed by atoms with Crippen molar-refractivity contribution < 1.29 is 13.2 Å². The van der Waals surface area contributed by atoms with Gasteiger partial charge in [0.25, 0.3) is 0 Å². The molecule has 1 aromatic carbocycles. The largest absolute Gasteiger partial charge is 0.377 e. The summed E-state index contributed by atoms with van der Waals surface area (Å²) in [5.74, 6) is 0. The summed E-state index contributed by atoms with van der Waals surface area (Å²) in [4.78, 5) is 0.269. The summed E-state index contributed by atoms with van der Waals surface area (Å²) in [7, 11) is -1.89. The van der Waals surface area contributed by atoms with Crippen molar-refractivity contribution in [2.75, 3.05) is 13.7 Å². The molecule has 3 N–H and O–H groups in total. The molecule has 0 aromatic heterocycles. The van der Waals surface area contributed by atoms with Crippen LogP contribution in [0.1, 0.15) is 37.3 Å². The maximum absolute atomic E-state index is 12.4. The lowest BCUT2D eigenvalue weighted by molar-refractivity contribution is -0.0659. The summed E-state index contributed by atoms with van der Waals surface area (Å²) in [6.07, 6.45) is 3.72. The second-order valence-electron chi connectivity index (χ2n) is 5.55. The third-order valence-electron chi connectivity index (χ3n) is 4.37. The Bertz CT molecular complexity index is 589. The average molecular weight is 312 g/mol. The van der Waals surface area contributed by atoms with Gasteiger partial charge in [0, 0.05) is 20.2 Å². The summed E-state index contributed by atoms with van der Waals surface area (Å²) in [6.45, 7) is 2.69.